The number of aryl methyl sites for hydroxylation is 2. The van der Waals surface area contributed by atoms with Gasteiger partial charge in [-0.3, -0.25) is 9.48 Å². The van der Waals surface area contributed by atoms with Crippen LogP contribution >= 0.6 is 11.3 Å². The van der Waals surface area contributed by atoms with Gasteiger partial charge in [0.05, 0.1) is 16.3 Å². The minimum Gasteiger partial charge on any atom is -0.334 e. The smallest absolute Gasteiger partial charge is 0.334 e. The lowest BCUT2D eigenvalue weighted by Gasteiger charge is -2.19. The van der Waals surface area contributed by atoms with Crippen LogP contribution in [0.1, 0.15) is 40.5 Å². The van der Waals surface area contributed by atoms with Crippen LogP contribution in [0.4, 0.5) is 13.2 Å². The highest BCUT2D eigenvalue weighted by molar-refractivity contribution is 7.20. The van der Waals surface area contributed by atoms with Crippen molar-refractivity contribution in [2.75, 3.05) is 6.54 Å². The summed E-state index contributed by atoms with van der Waals surface area (Å²) in [6.07, 6.45) is -2.73. The first-order valence-corrected chi connectivity index (χ1v) is 11.0. The van der Waals surface area contributed by atoms with E-state index < -0.39 is 11.9 Å². The minimum atomic E-state index is -4.63. The van der Waals surface area contributed by atoms with E-state index in [1.54, 1.807) is 39.9 Å². The number of fused-ring (bicyclic) bond motifs is 1. The van der Waals surface area contributed by atoms with Gasteiger partial charge in [-0.15, -0.1) is 11.3 Å². The Balaban J connectivity index is 1.74. The number of hydrogen-bond acceptors (Lipinski definition) is 4. The molecule has 6 nitrogen and oxygen atoms in total. The largest absolute Gasteiger partial charge is 0.435 e. The Morgan fingerprint density at radius 2 is 1.88 bits per heavy atom. The van der Waals surface area contributed by atoms with Gasteiger partial charge in [0, 0.05) is 36.8 Å². The van der Waals surface area contributed by atoms with Gasteiger partial charge in [-0.25, -0.2) is 4.68 Å². The zero-order chi connectivity index (χ0) is 23.0. The zero-order valence-corrected chi connectivity index (χ0v) is 18.7. The fraction of sp³-hybridized carbons (Fsp3) is 0.318. The molecule has 3 heterocycles. The normalized spacial score (nSPS) is 11.9. The number of aromatic nitrogens is 4. The second-order valence-electron chi connectivity index (χ2n) is 7.34. The number of hydrogen-bond donors (Lipinski definition) is 0. The lowest BCUT2D eigenvalue weighted by atomic mass is 10.2. The number of thiophene rings is 1. The van der Waals surface area contributed by atoms with Crippen molar-refractivity contribution in [1.29, 1.82) is 0 Å². The van der Waals surface area contributed by atoms with E-state index in [0.29, 0.717) is 25.3 Å². The number of para-hydroxylation sites is 1. The number of carbonyl (C=O) groups excluding carboxylic acids is 1. The molecular formula is C22H22F3N5OS. The molecule has 0 saturated heterocycles. The third-order valence-electron chi connectivity index (χ3n) is 5.24. The maximum absolute atomic E-state index is 13.7. The van der Waals surface area contributed by atoms with E-state index >= 15 is 0 Å². The Morgan fingerprint density at radius 1 is 1.16 bits per heavy atom. The summed E-state index contributed by atoms with van der Waals surface area (Å²) in [5, 5.41) is 8.15. The summed E-state index contributed by atoms with van der Waals surface area (Å²) in [5.74, 6) is -0.315. The van der Waals surface area contributed by atoms with E-state index in [1.165, 1.54) is 10.7 Å². The first-order chi connectivity index (χ1) is 15.2. The Kier molecular flexibility index (Phi) is 5.81. The topological polar surface area (TPSA) is 56.0 Å². The van der Waals surface area contributed by atoms with Crippen molar-refractivity contribution >= 4 is 27.5 Å². The van der Waals surface area contributed by atoms with Crippen LogP contribution < -0.4 is 0 Å². The maximum Gasteiger partial charge on any atom is 0.435 e. The van der Waals surface area contributed by atoms with Crippen LogP contribution in [0, 0.1) is 6.92 Å². The fourth-order valence-corrected chi connectivity index (χ4v) is 4.63. The van der Waals surface area contributed by atoms with E-state index in [2.05, 4.69) is 10.2 Å². The molecule has 32 heavy (non-hydrogen) atoms. The van der Waals surface area contributed by atoms with Crippen LogP contribution in [0.3, 0.4) is 0 Å². The highest BCUT2D eigenvalue weighted by Crippen LogP contribution is 2.39. The van der Waals surface area contributed by atoms with Gasteiger partial charge in [0.2, 0.25) is 0 Å². The molecule has 168 valence electrons. The molecule has 1 amide bonds. The third-order valence-corrected chi connectivity index (χ3v) is 6.34. The monoisotopic (exact) mass is 461 g/mol. The average Bonchev–Trinajstić information content (AvgIpc) is 3.44. The van der Waals surface area contributed by atoms with Crippen LogP contribution in [0.25, 0.3) is 15.9 Å². The van der Waals surface area contributed by atoms with Gasteiger partial charge in [0.25, 0.3) is 5.91 Å². The summed E-state index contributed by atoms with van der Waals surface area (Å²) < 4.78 is 44.1. The molecule has 4 rings (SSSR count). The maximum atomic E-state index is 13.7. The molecule has 0 aliphatic rings. The second-order valence-corrected chi connectivity index (χ2v) is 8.37. The SMILES string of the molecule is CCN(Cc1cn(CC)nc1C)C(=O)c1cc2c(C(F)(F)F)nn(-c3ccccc3)c2s1. The Labute approximate surface area is 186 Å². The molecule has 0 bridgehead atoms. The predicted molar refractivity (Wildman–Crippen MR) is 117 cm³/mol. The lowest BCUT2D eigenvalue weighted by Crippen LogP contribution is -2.29. The first kappa shape index (κ1) is 22.1. The molecule has 10 heteroatoms. The molecular weight excluding hydrogens is 439 g/mol. The van der Waals surface area contributed by atoms with E-state index in [1.807, 2.05) is 27.0 Å². The fourth-order valence-electron chi connectivity index (χ4n) is 3.53. The van der Waals surface area contributed by atoms with Gasteiger partial charge >= 0.3 is 6.18 Å². The van der Waals surface area contributed by atoms with Gasteiger partial charge in [0.15, 0.2) is 5.69 Å². The number of rotatable bonds is 6. The van der Waals surface area contributed by atoms with Gasteiger partial charge in [-0.1, -0.05) is 18.2 Å². The van der Waals surface area contributed by atoms with Crippen molar-refractivity contribution in [1.82, 2.24) is 24.5 Å². The number of alkyl halides is 3. The average molecular weight is 462 g/mol. The van der Waals surface area contributed by atoms with Crippen LogP contribution in [-0.2, 0) is 19.3 Å². The number of halogens is 3. The quantitative estimate of drug-likeness (QED) is 0.392. The van der Waals surface area contributed by atoms with Gasteiger partial charge in [-0.2, -0.15) is 23.4 Å². The second kappa shape index (κ2) is 8.42. The number of benzene rings is 1. The summed E-state index contributed by atoms with van der Waals surface area (Å²) in [4.78, 5) is 15.4. The van der Waals surface area contributed by atoms with Gasteiger partial charge < -0.3 is 4.90 Å². The molecule has 0 N–H and O–H groups in total. The minimum absolute atomic E-state index is 0.0688. The predicted octanol–water partition coefficient (Wildman–Crippen LogP) is 5.29. The van der Waals surface area contributed by atoms with Crippen molar-refractivity contribution in [2.45, 2.75) is 40.0 Å². The molecule has 0 atom stereocenters. The lowest BCUT2D eigenvalue weighted by molar-refractivity contribution is -0.140. The van der Waals surface area contributed by atoms with E-state index in [9.17, 15) is 18.0 Å². The van der Waals surface area contributed by atoms with Gasteiger partial charge in [0.1, 0.15) is 4.83 Å². The van der Waals surface area contributed by atoms with Crippen LogP contribution in [0.2, 0.25) is 0 Å². The molecule has 0 unspecified atom stereocenters. The Hall–Kier alpha value is -3.14. The number of nitrogens with zero attached hydrogens (tertiary/aromatic N) is 5. The third kappa shape index (κ3) is 4.02. The van der Waals surface area contributed by atoms with E-state index in [4.69, 9.17) is 0 Å². The van der Waals surface area contributed by atoms with Crippen molar-refractivity contribution < 1.29 is 18.0 Å². The van der Waals surface area contributed by atoms with Crippen molar-refractivity contribution in [3.63, 3.8) is 0 Å². The molecule has 4 aromatic rings. The molecule has 0 radical (unpaired) electrons. The molecule has 0 saturated carbocycles. The summed E-state index contributed by atoms with van der Waals surface area (Å²) in [7, 11) is 0. The van der Waals surface area contributed by atoms with Crippen LogP contribution in [0.15, 0.2) is 42.6 Å². The zero-order valence-electron chi connectivity index (χ0n) is 17.8. The molecule has 3 aromatic heterocycles. The van der Waals surface area contributed by atoms with E-state index in [0.717, 1.165) is 22.6 Å². The van der Waals surface area contributed by atoms with Crippen LogP contribution in [-0.4, -0.2) is 36.9 Å². The van der Waals surface area contributed by atoms with Crippen molar-refractivity contribution in [3.8, 4) is 5.69 Å². The summed E-state index contributed by atoms with van der Waals surface area (Å²) in [5.41, 5.74) is 1.25. The number of amides is 1. The van der Waals surface area contributed by atoms with Crippen LogP contribution in [0.5, 0.6) is 0 Å². The van der Waals surface area contributed by atoms with E-state index in [-0.39, 0.29) is 21.0 Å². The summed E-state index contributed by atoms with van der Waals surface area (Å²) in [6.45, 7) is 7.17. The number of carbonyl (C=O) groups is 1. The first-order valence-electron chi connectivity index (χ1n) is 10.2. The molecule has 0 spiro atoms. The highest BCUT2D eigenvalue weighted by atomic mass is 32.1. The van der Waals surface area contributed by atoms with Crippen molar-refractivity contribution in [3.05, 3.63) is 64.4 Å². The summed E-state index contributed by atoms with van der Waals surface area (Å²) in [6, 6.07) is 9.91. The molecule has 0 aliphatic carbocycles. The Morgan fingerprint density at radius 3 is 2.47 bits per heavy atom. The highest BCUT2D eigenvalue weighted by Gasteiger charge is 2.38. The van der Waals surface area contributed by atoms with Crippen molar-refractivity contribution in [2.24, 2.45) is 0 Å². The Bertz CT molecular complexity index is 1260. The molecule has 0 fully saturated rings. The van der Waals surface area contributed by atoms with Gasteiger partial charge in [-0.05, 0) is 39.0 Å². The summed E-state index contributed by atoms with van der Waals surface area (Å²) >= 11 is 1.02. The molecule has 0 aliphatic heterocycles. The standard InChI is InChI=1S/C22H22F3N5OS/c1-4-28(12-15-13-29(5-2)26-14(15)3)20(31)18-11-17-19(22(23,24)25)27-30(21(17)32-18)16-9-7-6-8-10-16/h6-11,13H,4-5,12H2,1-3H3. The molecule has 1 aromatic carbocycles.